The van der Waals surface area contributed by atoms with Crippen LogP contribution >= 0.6 is 0 Å². The van der Waals surface area contributed by atoms with Gasteiger partial charge in [-0.3, -0.25) is 5.43 Å². The standard InChI is InChI=1S/C21H23F3N2/c1-15(25-26-20-10-6-5-9-19(20)21(22,23)24)16-11-13-18(14-12-16)17-7-3-2-4-8-17/h5-6,9-14,17,26H,2-4,7-8H2,1H3. The Labute approximate surface area is 152 Å². The molecular formula is C21H23F3N2. The van der Waals surface area contributed by atoms with Gasteiger partial charge in [-0.25, -0.2) is 0 Å². The van der Waals surface area contributed by atoms with Crippen molar-refractivity contribution in [2.75, 3.05) is 5.43 Å². The van der Waals surface area contributed by atoms with Crippen LogP contribution in [0.5, 0.6) is 0 Å². The Hall–Kier alpha value is -2.30. The quantitative estimate of drug-likeness (QED) is 0.483. The normalized spacial score (nSPS) is 16.5. The van der Waals surface area contributed by atoms with E-state index in [1.165, 1.54) is 49.8 Å². The van der Waals surface area contributed by atoms with Gasteiger partial charge in [0.05, 0.1) is 17.0 Å². The summed E-state index contributed by atoms with van der Waals surface area (Å²) in [6, 6.07) is 13.6. The Kier molecular flexibility index (Phi) is 5.64. The van der Waals surface area contributed by atoms with Gasteiger partial charge in [0, 0.05) is 0 Å². The average molecular weight is 360 g/mol. The summed E-state index contributed by atoms with van der Waals surface area (Å²) in [6.45, 7) is 1.79. The van der Waals surface area contributed by atoms with Gasteiger partial charge in [0.25, 0.3) is 0 Å². The third kappa shape index (κ3) is 4.45. The number of alkyl halides is 3. The van der Waals surface area contributed by atoms with Crippen LogP contribution in [-0.4, -0.2) is 5.71 Å². The molecule has 0 atom stereocenters. The van der Waals surface area contributed by atoms with Crippen LogP contribution in [0.2, 0.25) is 0 Å². The second-order valence-electron chi connectivity index (χ2n) is 6.81. The Morgan fingerprint density at radius 1 is 0.962 bits per heavy atom. The predicted octanol–water partition coefficient (Wildman–Crippen LogP) is 6.59. The average Bonchev–Trinajstić information content (AvgIpc) is 2.66. The maximum Gasteiger partial charge on any atom is 0.418 e. The zero-order chi connectivity index (χ0) is 18.6. The van der Waals surface area contributed by atoms with E-state index in [1.807, 2.05) is 12.1 Å². The van der Waals surface area contributed by atoms with Crippen LogP contribution in [0.25, 0.3) is 0 Å². The van der Waals surface area contributed by atoms with Gasteiger partial charge in [-0.1, -0.05) is 55.7 Å². The van der Waals surface area contributed by atoms with Crippen molar-refractivity contribution in [2.24, 2.45) is 5.10 Å². The second-order valence-corrected chi connectivity index (χ2v) is 6.81. The first-order valence-corrected chi connectivity index (χ1v) is 9.02. The van der Waals surface area contributed by atoms with Crippen LogP contribution in [0.3, 0.4) is 0 Å². The molecule has 0 heterocycles. The van der Waals surface area contributed by atoms with Gasteiger partial charge in [0.1, 0.15) is 0 Å². The van der Waals surface area contributed by atoms with Crippen molar-refractivity contribution >= 4 is 11.4 Å². The Bertz CT molecular complexity index is 758. The molecule has 2 aromatic carbocycles. The van der Waals surface area contributed by atoms with Crippen molar-refractivity contribution in [2.45, 2.75) is 51.1 Å². The van der Waals surface area contributed by atoms with Crippen molar-refractivity contribution in [3.05, 3.63) is 65.2 Å². The predicted molar refractivity (Wildman–Crippen MR) is 99.5 cm³/mol. The van der Waals surface area contributed by atoms with Crippen molar-refractivity contribution in [1.82, 2.24) is 0 Å². The van der Waals surface area contributed by atoms with E-state index in [0.29, 0.717) is 11.6 Å². The summed E-state index contributed by atoms with van der Waals surface area (Å²) in [6.07, 6.45) is 1.97. The van der Waals surface area contributed by atoms with Gasteiger partial charge in [0.2, 0.25) is 0 Å². The van der Waals surface area contributed by atoms with Crippen molar-refractivity contribution in [3.63, 3.8) is 0 Å². The molecule has 5 heteroatoms. The zero-order valence-corrected chi connectivity index (χ0v) is 14.8. The molecule has 0 aromatic heterocycles. The molecule has 0 unspecified atom stereocenters. The molecule has 0 saturated heterocycles. The van der Waals surface area contributed by atoms with E-state index in [0.717, 1.165) is 11.6 Å². The minimum absolute atomic E-state index is 0.0434. The fourth-order valence-electron chi connectivity index (χ4n) is 3.47. The molecular weight excluding hydrogens is 337 g/mol. The van der Waals surface area contributed by atoms with E-state index in [2.05, 4.69) is 22.7 Å². The maximum atomic E-state index is 13.0. The highest BCUT2D eigenvalue weighted by molar-refractivity contribution is 5.99. The van der Waals surface area contributed by atoms with Gasteiger partial charge in [-0.2, -0.15) is 18.3 Å². The summed E-state index contributed by atoms with van der Waals surface area (Å²) in [7, 11) is 0. The Morgan fingerprint density at radius 2 is 1.62 bits per heavy atom. The first-order valence-electron chi connectivity index (χ1n) is 9.02. The third-order valence-electron chi connectivity index (χ3n) is 4.98. The minimum atomic E-state index is -4.41. The molecule has 1 N–H and O–H groups in total. The van der Waals surface area contributed by atoms with Gasteiger partial charge in [-0.05, 0) is 48.9 Å². The fraction of sp³-hybridized carbons (Fsp3) is 0.381. The summed E-state index contributed by atoms with van der Waals surface area (Å²) < 4.78 is 39.1. The highest BCUT2D eigenvalue weighted by Crippen LogP contribution is 2.35. The smallest absolute Gasteiger partial charge is 0.278 e. The number of hydrogen-bond donors (Lipinski definition) is 1. The monoisotopic (exact) mass is 360 g/mol. The lowest BCUT2D eigenvalue weighted by Crippen LogP contribution is -2.09. The first kappa shape index (κ1) is 18.5. The van der Waals surface area contributed by atoms with Crippen LogP contribution in [0.4, 0.5) is 18.9 Å². The van der Waals surface area contributed by atoms with Gasteiger partial charge < -0.3 is 0 Å². The number of nitrogens with one attached hydrogen (secondary N) is 1. The highest BCUT2D eigenvalue weighted by atomic mass is 19.4. The summed E-state index contributed by atoms with van der Waals surface area (Å²) in [5.74, 6) is 0.631. The minimum Gasteiger partial charge on any atom is -0.278 e. The van der Waals surface area contributed by atoms with E-state index in [-0.39, 0.29) is 5.69 Å². The molecule has 0 radical (unpaired) electrons. The lowest BCUT2D eigenvalue weighted by molar-refractivity contribution is -0.136. The van der Waals surface area contributed by atoms with Crippen LogP contribution in [0.1, 0.15) is 61.6 Å². The number of para-hydroxylation sites is 1. The number of hydrazone groups is 1. The molecule has 2 nitrogen and oxygen atoms in total. The van der Waals surface area contributed by atoms with Crippen LogP contribution < -0.4 is 5.43 Å². The van der Waals surface area contributed by atoms with E-state index >= 15 is 0 Å². The SMILES string of the molecule is CC(=NNc1ccccc1C(F)(F)F)c1ccc(C2CCCCC2)cc1. The molecule has 1 aliphatic rings. The van der Waals surface area contributed by atoms with Gasteiger partial charge in [0.15, 0.2) is 0 Å². The maximum absolute atomic E-state index is 13.0. The molecule has 2 aromatic rings. The summed E-state index contributed by atoms with van der Waals surface area (Å²) >= 11 is 0. The molecule has 3 rings (SSSR count). The molecule has 0 aliphatic heterocycles. The van der Waals surface area contributed by atoms with Crippen molar-refractivity contribution in [3.8, 4) is 0 Å². The molecule has 1 aliphatic carbocycles. The Morgan fingerprint density at radius 3 is 2.27 bits per heavy atom. The number of hydrogen-bond acceptors (Lipinski definition) is 2. The molecule has 0 bridgehead atoms. The number of nitrogens with zero attached hydrogens (tertiary/aromatic N) is 1. The third-order valence-corrected chi connectivity index (χ3v) is 4.98. The molecule has 0 spiro atoms. The number of anilines is 1. The molecule has 0 amide bonds. The fourth-order valence-corrected chi connectivity index (χ4v) is 3.47. The number of halogens is 3. The number of benzene rings is 2. The largest absolute Gasteiger partial charge is 0.418 e. The lowest BCUT2D eigenvalue weighted by atomic mass is 9.84. The zero-order valence-electron chi connectivity index (χ0n) is 14.8. The van der Waals surface area contributed by atoms with Gasteiger partial charge >= 0.3 is 6.18 Å². The van der Waals surface area contributed by atoms with Crippen molar-refractivity contribution in [1.29, 1.82) is 0 Å². The van der Waals surface area contributed by atoms with E-state index in [4.69, 9.17) is 0 Å². The van der Waals surface area contributed by atoms with Gasteiger partial charge in [-0.15, -0.1) is 0 Å². The van der Waals surface area contributed by atoms with Crippen LogP contribution in [0.15, 0.2) is 53.6 Å². The summed E-state index contributed by atoms with van der Waals surface area (Å²) in [5.41, 5.74) is 4.70. The second kappa shape index (κ2) is 7.94. The van der Waals surface area contributed by atoms with E-state index in [1.54, 1.807) is 13.0 Å². The Balaban J connectivity index is 1.72. The lowest BCUT2D eigenvalue weighted by Gasteiger charge is -2.22. The van der Waals surface area contributed by atoms with E-state index in [9.17, 15) is 13.2 Å². The van der Waals surface area contributed by atoms with Crippen LogP contribution in [-0.2, 0) is 6.18 Å². The topological polar surface area (TPSA) is 24.4 Å². The first-order chi connectivity index (χ1) is 12.4. The molecule has 1 fully saturated rings. The molecule has 138 valence electrons. The molecule has 1 saturated carbocycles. The number of rotatable bonds is 4. The molecule has 26 heavy (non-hydrogen) atoms. The highest BCUT2D eigenvalue weighted by Gasteiger charge is 2.33. The van der Waals surface area contributed by atoms with Crippen molar-refractivity contribution < 1.29 is 13.2 Å². The van der Waals surface area contributed by atoms with Crippen LogP contribution in [0, 0.1) is 0 Å². The summed E-state index contributed by atoms with van der Waals surface area (Å²) in [4.78, 5) is 0. The van der Waals surface area contributed by atoms with E-state index < -0.39 is 11.7 Å². The summed E-state index contributed by atoms with van der Waals surface area (Å²) in [5, 5.41) is 4.15.